The highest BCUT2D eigenvalue weighted by molar-refractivity contribution is 5.22. The summed E-state index contributed by atoms with van der Waals surface area (Å²) in [5.41, 5.74) is 1.72. The number of hydrogen-bond acceptors (Lipinski definition) is 2. The second-order valence-electron chi connectivity index (χ2n) is 3.02. The molecule has 0 heterocycles. The number of alkyl halides is 2. The maximum atomic E-state index is 11.7. The molecule has 0 radical (unpaired) electrons. The molecular formula is C10H17F2NO. The van der Waals surface area contributed by atoms with Gasteiger partial charge in [-0.1, -0.05) is 18.6 Å². The van der Waals surface area contributed by atoms with Crippen LogP contribution in [0.2, 0.25) is 0 Å². The zero-order chi connectivity index (χ0) is 11.0. The molecule has 4 heteroatoms. The summed E-state index contributed by atoms with van der Waals surface area (Å²) in [4.78, 5) is 0. The van der Waals surface area contributed by atoms with E-state index in [2.05, 4.69) is 5.32 Å². The first-order valence-corrected chi connectivity index (χ1v) is 4.58. The SMILES string of the molecule is CC/C(C)=C/C(=C\NCC(F)F)CO. The number of hydrogen-bond donors (Lipinski definition) is 2. The fraction of sp³-hybridized carbons (Fsp3) is 0.600. The predicted molar refractivity (Wildman–Crippen MR) is 53.2 cm³/mol. The van der Waals surface area contributed by atoms with Crippen LogP contribution in [0.1, 0.15) is 20.3 Å². The van der Waals surface area contributed by atoms with Gasteiger partial charge in [-0.3, -0.25) is 0 Å². The first-order valence-electron chi connectivity index (χ1n) is 4.58. The highest BCUT2D eigenvalue weighted by Crippen LogP contribution is 2.04. The van der Waals surface area contributed by atoms with Crippen molar-refractivity contribution in [2.45, 2.75) is 26.7 Å². The highest BCUT2D eigenvalue weighted by atomic mass is 19.3. The van der Waals surface area contributed by atoms with Crippen molar-refractivity contribution in [3.63, 3.8) is 0 Å². The third-order valence-electron chi connectivity index (χ3n) is 1.73. The van der Waals surface area contributed by atoms with Crippen molar-refractivity contribution in [2.75, 3.05) is 13.2 Å². The summed E-state index contributed by atoms with van der Waals surface area (Å²) in [6.45, 7) is 3.39. The Morgan fingerprint density at radius 2 is 2.14 bits per heavy atom. The molecule has 0 atom stereocenters. The van der Waals surface area contributed by atoms with Crippen molar-refractivity contribution in [2.24, 2.45) is 0 Å². The van der Waals surface area contributed by atoms with Gasteiger partial charge in [0.1, 0.15) is 0 Å². The number of allylic oxidation sites excluding steroid dienone is 1. The number of nitrogens with one attached hydrogen (secondary N) is 1. The van der Waals surface area contributed by atoms with Crippen LogP contribution in [0.4, 0.5) is 8.78 Å². The summed E-state index contributed by atoms with van der Waals surface area (Å²) in [5, 5.41) is 11.3. The van der Waals surface area contributed by atoms with Gasteiger partial charge in [-0.05, 0) is 18.9 Å². The van der Waals surface area contributed by atoms with Crippen LogP contribution in [0.25, 0.3) is 0 Å². The maximum Gasteiger partial charge on any atom is 0.255 e. The van der Waals surface area contributed by atoms with E-state index in [4.69, 9.17) is 5.11 Å². The lowest BCUT2D eigenvalue weighted by atomic mass is 10.1. The number of aliphatic hydroxyl groups excluding tert-OH is 1. The van der Waals surface area contributed by atoms with Crippen molar-refractivity contribution in [3.05, 3.63) is 23.4 Å². The zero-order valence-corrected chi connectivity index (χ0v) is 8.56. The molecule has 0 bridgehead atoms. The third kappa shape index (κ3) is 6.60. The quantitative estimate of drug-likeness (QED) is 0.651. The van der Waals surface area contributed by atoms with E-state index in [0.29, 0.717) is 5.57 Å². The summed E-state index contributed by atoms with van der Waals surface area (Å²) in [7, 11) is 0. The van der Waals surface area contributed by atoms with Gasteiger partial charge in [0.05, 0.1) is 13.2 Å². The maximum absolute atomic E-state index is 11.7. The molecule has 0 fully saturated rings. The lowest BCUT2D eigenvalue weighted by Gasteiger charge is -2.03. The summed E-state index contributed by atoms with van der Waals surface area (Å²) >= 11 is 0. The molecule has 0 rings (SSSR count). The van der Waals surface area contributed by atoms with Crippen molar-refractivity contribution >= 4 is 0 Å². The van der Waals surface area contributed by atoms with Gasteiger partial charge in [0.25, 0.3) is 6.43 Å². The number of rotatable bonds is 6. The van der Waals surface area contributed by atoms with E-state index in [1.807, 2.05) is 13.8 Å². The van der Waals surface area contributed by atoms with Crippen LogP contribution in [0.5, 0.6) is 0 Å². The Hall–Kier alpha value is -0.900. The van der Waals surface area contributed by atoms with Crippen LogP contribution >= 0.6 is 0 Å². The van der Waals surface area contributed by atoms with E-state index in [0.717, 1.165) is 12.0 Å². The Bertz CT molecular complexity index is 212. The minimum atomic E-state index is -2.37. The summed E-state index contributed by atoms with van der Waals surface area (Å²) in [6.07, 6.45) is 1.72. The molecule has 82 valence electrons. The lowest BCUT2D eigenvalue weighted by molar-refractivity contribution is 0.150. The van der Waals surface area contributed by atoms with Crippen LogP contribution in [0.3, 0.4) is 0 Å². The normalized spacial score (nSPS) is 13.6. The number of aliphatic hydroxyl groups is 1. The monoisotopic (exact) mass is 205 g/mol. The summed E-state index contributed by atoms with van der Waals surface area (Å²) in [5.74, 6) is 0. The molecule has 0 unspecified atom stereocenters. The molecular weight excluding hydrogens is 188 g/mol. The van der Waals surface area contributed by atoms with Gasteiger partial charge in [-0.2, -0.15) is 0 Å². The van der Waals surface area contributed by atoms with E-state index >= 15 is 0 Å². The van der Waals surface area contributed by atoms with Gasteiger partial charge < -0.3 is 10.4 Å². The molecule has 14 heavy (non-hydrogen) atoms. The minimum absolute atomic E-state index is 0.145. The summed E-state index contributed by atoms with van der Waals surface area (Å²) < 4.78 is 23.5. The minimum Gasteiger partial charge on any atom is -0.392 e. The van der Waals surface area contributed by atoms with Crippen LogP contribution < -0.4 is 5.32 Å². The largest absolute Gasteiger partial charge is 0.392 e. The smallest absolute Gasteiger partial charge is 0.255 e. The standard InChI is InChI=1S/C10H17F2NO/c1-3-8(2)4-9(7-14)5-13-6-10(11)12/h4-5,10,13-14H,3,6-7H2,1-2H3/b8-4+,9-5+. The molecule has 2 nitrogen and oxygen atoms in total. The average Bonchev–Trinajstić information content (AvgIpc) is 2.15. The Kier molecular flexibility index (Phi) is 7.02. The topological polar surface area (TPSA) is 32.3 Å². The average molecular weight is 205 g/mol. The lowest BCUT2D eigenvalue weighted by Crippen LogP contribution is -2.16. The van der Waals surface area contributed by atoms with E-state index in [-0.39, 0.29) is 13.2 Å². The van der Waals surface area contributed by atoms with E-state index in [1.54, 1.807) is 6.08 Å². The molecule has 0 aliphatic rings. The molecule has 0 spiro atoms. The molecule has 0 amide bonds. The van der Waals surface area contributed by atoms with Crippen molar-refractivity contribution in [3.8, 4) is 0 Å². The van der Waals surface area contributed by atoms with Gasteiger partial charge in [-0.25, -0.2) is 8.78 Å². The van der Waals surface area contributed by atoms with E-state index in [9.17, 15) is 8.78 Å². The fourth-order valence-corrected chi connectivity index (χ4v) is 0.831. The van der Waals surface area contributed by atoms with Crippen molar-refractivity contribution in [1.29, 1.82) is 0 Å². The molecule has 0 saturated carbocycles. The molecule has 0 saturated heterocycles. The van der Waals surface area contributed by atoms with Crippen LogP contribution in [-0.2, 0) is 0 Å². The van der Waals surface area contributed by atoms with Crippen LogP contribution in [-0.4, -0.2) is 24.7 Å². The predicted octanol–water partition coefficient (Wildman–Crippen LogP) is 2.07. The van der Waals surface area contributed by atoms with Crippen LogP contribution in [0.15, 0.2) is 23.4 Å². The molecule has 0 aromatic carbocycles. The second-order valence-corrected chi connectivity index (χ2v) is 3.02. The van der Waals surface area contributed by atoms with Gasteiger partial charge >= 0.3 is 0 Å². The first-order chi connectivity index (χ1) is 6.60. The van der Waals surface area contributed by atoms with Gasteiger partial charge in [-0.15, -0.1) is 0 Å². The second kappa shape index (κ2) is 7.50. The molecule has 0 aromatic rings. The molecule has 0 aliphatic heterocycles. The van der Waals surface area contributed by atoms with E-state index < -0.39 is 6.43 Å². The number of halogens is 2. The summed E-state index contributed by atoms with van der Waals surface area (Å²) in [6, 6.07) is 0. The fourth-order valence-electron chi connectivity index (χ4n) is 0.831. The molecule has 2 N–H and O–H groups in total. The zero-order valence-electron chi connectivity index (χ0n) is 8.56. The van der Waals surface area contributed by atoms with Gasteiger partial charge in [0.2, 0.25) is 0 Å². The van der Waals surface area contributed by atoms with Gasteiger partial charge in [0, 0.05) is 6.20 Å². The Morgan fingerprint density at radius 1 is 1.50 bits per heavy atom. The Labute approximate surface area is 83.3 Å². The Balaban J connectivity index is 4.12. The first kappa shape index (κ1) is 13.1. The van der Waals surface area contributed by atoms with Crippen molar-refractivity contribution < 1.29 is 13.9 Å². The third-order valence-corrected chi connectivity index (χ3v) is 1.73. The highest BCUT2D eigenvalue weighted by Gasteiger charge is 1.98. The molecule has 0 aromatic heterocycles. The van der Waals surface area contributed by atoms with Crippen LogP contribution in [0, 0.1) is 0 Å². The van der Waals surface area contributed by atoms with Gasteiger partial charge in [0.15, 0.2) is 0 Å². The van der Waals surface area contributed by atoms with E-state index in [1.165, 1.54) is 6.20 Å². The Morgan fingerprint density at radius 3 is 2.57 bits per heavy atom. The van der Waals surface area contributed by atoms with Crippen molar-refractivity contribution in [1.82, 2.24) is 5.32 Å². The molecule has 0 aliphatic carbocycles.